The Balaban J connectivity index is 1.91. The van der Waals surface area contributed by atoms with Gasteiger partial charge in [-0.3, -0.25) is 9.10 Å². The van der Waals surface area contributed by atoms with E-state index in [1.807, 2.05) is 6.92 Å². The number of nitrogens with zero attached hydrogens (tertiary/aromatic N) is 2. The first-order chi connectivity index (χ1) is 11.9. The maximum Gasteiger partial charge on any atom is 0.258 e. The number of hydrogen-bond donors (Lipinski definition) is 0. The zero-order valence-electron chi connectivity index (χ0n) is 13.9. The second kappa shape index (κ2) is 6.84. The Morgan fingerprint density at radius 2 is 1.92 bits per heavy atom. The highest BCUT2D eigenvalue weighted by atomic mass is 32.2. The number of benzene rings is 2. The molecule has 0 spiro atoms. The number of rotatable bonds is 4. The normalized spacial score (nSPS) is 16.0. The van der Waals surface area contributed by atoms with Crippen LogP contribution in [0.15, 0.2) is 48.5 Å². The van der Waals surface area contributed by atoms with E-state index in [-0.39, 0.29) is 17.5 Å². The van der Waals surface area contributed by atoms with Crippen LogP contribution < -0.4 is 9.21 Å². The van der Waals surface area contributed by atoms with Crippen molar-refractivity contribution in [1.29, 1.82) is 0 Å². The molecular formula is C18H19FN2O3S. The maximum absolute atomic E-state index is 13.1. The van der Waals surface area contributed by atoms with Gasteiger partial charge < -0.3 is 4.90 Å². The van der Waals surface area contributed by atoms with E-state index in [1.165, 1.54) is 21.3 Å². The Morgan fingerprint density at radius 3 is 2.52 bits per heavy atom. The number of carbonyl (C=O) groups is 1. The molecule has 1 fully saturated rings. The van der Waals surface area contributed by atoms with Crippen molar-refractivity contribution < 1.29 is 17.6 Å². The van der Waals surface area contributed by atoms with Crippen LogP contribution >= 0.6 is 0 Å². The summed E-state index contributed by atoms with van der Waals surface area (Å²) >= 11 is 0. The molecule has 0 saturated carbocycles. The third kappa shape index (κ3) is 3.51. The molecule has 1 aliphatic heterocycles. The van der Waals surface area contributed by atoms with Gasteiger partial charge in [-0.25, -0.2) is 12.8 Å². The van der Waals surface area contributed by atoms with Crippen molar-refractivity contribution in [3.8, 4) is 0 Å². The minimum Gasteiger partial charge on any atom is -0.309 e. The van der Waals surface area contributed by atoms with Crippen LogP contribution in [-0.2, 0) is 10.0 Å². The summed E-state index contributed by atoms with van der Waals surface area (Å²) < 4.78 is 38.6. The summed E-state index contributed by atoms with van der Waals surface area (Å²) in [4.78, 5) is 14.4. The molecule has 2 aromatic carbocycles. The van der Waals surface area contributed by atoms with Crippen molar-refractivity contribution in [1.82, 2.24) is 0 Å². The molecule has 25 heavy (non-hydrogen) atoms. The average Bonchev–Trinajstić information content (AvgIpc) is 2.96. The van der Waals surface area contributed by atoms with Crippen molar-refractivity contribution in [2.45, 2.75) is 13.3 Å². The first-order valence-corrected chi connectivity index (χ1v) is 9.71. The largest absolute Gasteiger partial charge is 0.309 e. The van der Waals surface area contributed by atoms with Gasteiger partial charge in [-0.05, 0) is 55.8 Å². The molecule has 5 nitrogen and oxygen atoms in total. The average molecular weight is 362 g/mol. The number of halogens is 1. The molecule has 0 bridgehead atoms. The van der Waals surface area contributed by atoms with Crippen molar-refractivity contribution >= 4 is 27.3 Å². The molecule has 0 aromatic heterocycles. The molecule has 2 aromatic rings. The summed E-state index contributed by atoms with van der Waals surface area (Å²) in [5.74, 6) is -0.497. The van der Waals surface area contributed by atoms with Gasteiger partial charge >= 0.3 is 0 Å². The number of carbonyl (C=O) groups excluding carboxylic acids is 1. The quantitative estimate of drug-likeness (QED) is 0.840. The van der Waals surface area contributed by atoms with Gasteiger partial charge in [0.15, 0.2) is 0 Å². The first kappa shape index (κ1) is 17.4. The van der Waals surface area contributed by atoms with Crippen LogP contribution in [0.4, 0.5) is 15.8 Å². The van der Waals surface area contributed by atoms with Gasteiger partial charge in [0.2, 0.25) is 10.0 Å². The summed E-state index contributed by atoms with van der Waals surface area (Å²) in [6, 6.07) is 12.3. The summed E-state index contributed by atoms with van der Waals surface area (Å²) in [6.07, 6.45) is 0.581. The predicted octanol–water partition coefficient (Wildman–Crippen LogP) is 3.03. The molecule has 1 heterocycles. The smallest absolute Gasteiger partial charge is 0.258 e. The fourth-order valence-corrected chi connectivity index (χ4v) is 4.50. The van der Waals surface area contributed by atoms with Crippen molar-refractivity contribution in [3.63, 3.8) is 0 Å². The molecule has 0 aliphatic carbocycles. The Labute approximate surface area is 146 Å². The summed E-state index contributed by atoms with van der Waals surface area (Å²) in [7, 11) is -3.30. The molecule has 1 amide bonds. The van der Waals surface area contributed by atoms with Gasteiger partial charge in [-0.1, -0.05) is 6.07 Å². The Morgan fingerprint density at radius 1 is 1.20 bits per heavy atom. The lowest BCUT2D eigenvalue weighted by molar-refractivity contribution is 0.0988. The van der Waals surface area contributed by atoms with Crippen LogP contribution in [0.1, 0.15) is 23.7 Å². The SMILES string of the molecule is CCN(C(=O)c1cccc(N2CCCS2(=O)=O)c1)c1ccc(F)cc1. The lowest BCUT2D eigenvalue weighted by Crippen LogP contribution is -2.31. The van der Waals surface area contributed by atoms with E-state index in [2.05, 4.69) is 0 Å². The van der Waals surface area contributed by atoms with Gasteiger partial charge in [0, 0.05) is 24.3 Å². The second-order valence-corrected chi connectivity index (χ2v) is 7.83. The van der Waals surface area contributed by atoms with Crippen LogP contribution in [-0.4, -0.2) is 33.2 Å². The molecule has 132 valence electrons. The van der Waals surface area contributed by atoms with Crippen LogP contribution in [0.5, 0.6) is 0 Å². The third-order valence-corrected chi connectivity index (χ3v) is 6.05. The lowest BCUT2D eigenvalue weighted by Gasteiger charge is -2.22. The van der Waals surface area contributed by atoms with Crippen molar-refractivity contribution in [3.05, 3.63) is 59.9 Å². The van der Waals surface area contributed by atoms with E-state index in [4.69, 9.17) is 0 Å². The Hall–Kier alpha value is -2.41. The van der Waals surface area contributed by atoms with Crippen LogP contribution in [0.3, 0.4) is 0 Å². The summed E-state index contributed by atoms with van der Waals surface area (Å²) in [6.45, 7) is 2.67. The van der Waals surface area contributed by atoms with Crippen molar-refractivity contribution in [2.75, 3.05) is 28.0 Å². The van der Waals surface area contributed by atoms with Gasteiger partial charge in [-0.2, -0.15) is 0 Å². The third-order valence-electron chi connectivity index (χ3n) is 4.18. The molecule has 7 heteroatoms. The van der Waals surface area contributed by atoms with Crippen molar-refractivity contribution in [2.24, 2.45) is 0 Å². The molecule has 0 N–H and O–H groups in total. The van der Waals surface area contributed by atoms with Gasteiger partial charge in [0.25, 0.3) is 5.91 Å². The van der Waals surface area contributed by atoms with E-state index >= 15 is 0 Å². The number of anilines is 2. The molecule has 0 radical (unpaired) electrons. The number of sulfonamides is 1. The highest BCUT2D eigenvalue weighted by molar-refractivity contribution is 7.93. The van der Waals surface area contributed by atoms with Crippen LogP contribution in [0, 0.1) is 5.82 Å². The fourth-order valence-electron chi connectivity index (χ4n) is 2.94. The fraction of sp³-hybridized carbons (Fsp3) is 0.278. The molecule has 1 saturated heterocycles. The topological polar surface area (TPSA) is 57.7 Å². The minimum atomic E-state index is -3.30. The first-order valence-electron chi connectivity index (χ1n) is 8.10. The maximum atomic E-state index is 13.1. The Bertz CT molecular complexity index is 881. The highest BCUT2D eigenvalue weighted by Crippen LogP contribution is 2.26. The minimum absolute atomic E-state index is 0.127. The number of amides is 1. The van der Waals surface area contributed by atoms with E-state index in [1.54, 1.807) is 36.4 Å². The standard InChI is InChI=1S/C18H19FN2O3S/c1-2-20(16-9-7-15(19)8-10-16)18(22)14-5-3-6-17(13-14)21-11-4-12-25(21,23)24/h3,5-10,13H,2,4,11-12H2,1H3. The summed E-state index contributed by atoms with van der Waals surface area (Å²) in [5, 5.41) is 0. The van der Waals surface area contributed by atoms with Crippen LogP contribution in [0.25, 0.3) is 0 Å². The highest BCUT2D eigenvalue weighted by Gasteiger charge is 2.29. The molecule has 0 unspecified atom stereocenters. The number of hydrogen-bond acceptors (Lipinski definition) is 3. The van der Waals surface area contributed by atoms with Gasteiger partial charge in [-0.15, -0.1) is 0 Å². The molecule has 0 atom stereocenters. The van der Waals surface area contributed by atoms with Gasteiger partial charge in [0.1, 0.15) is 5.82 Å². The monoisotopic (exact) mass is 362 g/mol. The summed E-state index contributed by atoms with van der Waals surface area (Å²) in [5.41, 5.74) is 1.48. The van der Waals surface area contributed by atoms with Gasteiger partial charge in [0.05, 0.1) is 11.4 Å². The zero-order valence-corrected chi connectivity index (χ0v) is 14.7. The second-order valence-electron chi connectivity index (χ2n) is 5.82. The molecular weight excluding hydrogens is 343 g/mol. The molecule has 1 aliphatic rings. The lowest BCUT2D eigenvalue weighted by atomic mass is 10.1. The predicted molar refractivity (Wildman–Crippen MR) is 95.9 cm³/mol. The molecule has 3 rings (SSSR count). The van der Waals surface area contributed by atoms with Crippen LogP contribution in [0.2, 0.25) is 0 Å². The Kier molecular flexibility index (Phi) is 4.76. The van der Waals surface area contributed by atoms with E-state index in [0.717, 1.165) is 0 Å². The zero-order chi connectivity index (χ0) is 18.0. The van der Waals surface area contributed by atoms with E-state index < -0.39 is 10.0 Å². The van der Waals surface area contributed by atoms with E-state index in [9.17, 15) is 17.6 Å². The van der Waals surface area contributed by atoms with E-state index in [0.29, 0.717) is 36.4 Å².